The van der Waals surface area contributed by atoms with Crippen LogP contribution in [0.3, 0.4) is 0 Å². The number of nitrogens with zero attached hydrogens (tertiary/aromatic N) is 2. The lowest BCUT2D eigenvalue weighted by molar-refractivity contribution is 0.102. The molecule has 0 atom stereocenters. The molecule has 1 N–H and O–H groups in total. The van der Waals surface area contributed by atoms with Crippen LogP contribution in [0.1, 0.15) is 23.0 Å². The van der Waals surface area contributed by atoms with Gasteiger partial charge >= 0.3 is 0 Å². The fraction of sp³-hybridized carbons (Fsp3) is 0.158. The molecule has 0 aliphatic rings. The third-order valence-corrected chi connectivity index (χ3v) is 3.54. The Morgan fingerprint density at radius 2 is 1.88 bits per heavy atom. The molecule has 5 heteroatoms. The number of hydrogen-bond donors (Lipinski definition) is 1. The molecule has 0 spiro atoms. The number of nitrogens with one attached hydrogen (secondary N) is 1. The zero-order valence-corrected chi connectivity index (χ0v) is 13.7. The molecule has 0 unspecified atom stereocenters. The SMILES string of the molecule is CCOc1ccccc1C(=O)Nc1ccc(-n2ccc(C)n2)cc1. The summed E-state index contributed by atoms with van der Waals surface area (Å²) in [6.07, 6.45) is 1.90. The first-order chi connectivity index (χ1) is 11.7. The van der Waals surface area contributed by atoms with Gasteiger partial charge in [-0.2, -0.15) is 5.10 Å². The lowest BCUT2D eigenvalue weighted by Crippen LogP contribution is -2.13. The average molecular weight is 321 g/mol. The van der Waals surface area contributed by atoms with Crippen LogP contribution < -0.4 is 10.1 Å². The highest BCUT2D eigenvalue weighted by Gasteiger charge is 2.12. The van der Waals surface area contributed by atoms with Crippen LogP contribution >= 0.6 is 0 Å². The molecule has 1 heterocycles. The molecule has 1 aromatic heterocycles. The Labute approximate surface area is 140 Å². The lowest BCUT2D eigenvalue weighted by atomic mass is 10.2. The highest BCUT2D eigenvalue weighted by atomic mass is 16.5. The summed E-state index contributed by atoms with van der Waals surface area (Å²) in [4.78, 5) is 12.5. The van der Waals surface area contributed by atoms with Crippen molar-refractivity contribution in [2.75, 3.05) is 11.9 Å². The number of anilines is 1. The number of carbonyl (C=O) groups is 1. The van der Waals surface area contributed by atoms with Gasteiger partial charge in [0, 0.05) is 11.9 Å². The number of para-hydroxylation sites is 1. The second-order valence-electron chi connectivity index (χ2n) is 5.33. The zero-order chi connectivity index (χ0) is 16.9. The molecule has 0 aliphatic carbocycles. The van der Waals surface area contributed by atoms with Gasteiger partial charge in [0.25, 0.3) is 5.91 Å². The van der Waals surface area contributed by atoms with E-state index in [9.17, 15) is 4.79 Å². The molecule has 122 valence electrons. The molecule has 0 saturated carbocycles. The monoisotopic (exact) mass is 321 g/mol. The molecule has 0 aliphatic heterocycles. The number of benzene rings is 2. The van der Waals surface area contributed by atoms with Crippen molar-refractivity contribution in [1.82, 2.24) is 9.78 Å². The number of hydrogen-bond acceptors (Lipinski definition) is 3. The first-order valence-corrected chi connectivity index (χ1v) is 7.83. The molecule has 1 amide bonds. The van der Waals surface area contributed by atoms with Crippen LogP contribution in [0.4, 0.5) is 5.69 Å². The van der Waals surface area contributed by atoms with E-state index < -0.39 is 0 Å². The molecule has 24 heavy (non-hydrogen) atoms. The van der Waals surface area contributed by atoms with Crippen molar-refractivity contribution in [3.05, 3.63) is 72.1 Å². The fourth-order valence-electron chi connectivity index (χ4n) is 2.39. The summed E-state index contributed by atoms with van der Waals surface area (Å²) in [6.45, 7) is 4.35. The number of amides is 1. The maximum absolute atomic E-state index is 12.5. The minimum absolute atomic E-state index is 0.193. The van der Waals surface area contributed by atoms with Crippen molar-refractivity contribution >= 4 is 11.6 Å². The number of aromatic nitrogens is 2. The third-order valence-electron chi connectivity index (χ3n) is 3.54. The molecule has 3 aromatic rings. The summed E-state index contributed by atoms with van der Waals surface area (Å²) in [6, 6.07) is 16.7. The van der Waals surface area contributed by atoms with Crippen molar-refractivity contribution in [3.63, 3.8) is 0 Å². The Kier molecular flexibility index (Phi) is 4.61. The average Bonchev–Trinajstić information content (AvgIpc) is 3.03. The summed E-state index contributed by atoms with van der Waals surface area (Å²) < 4.78 is 7.30. The van der Waals surface area contributed by atoms with E-state index in [0.29, 0.717) is 17.9 Å². The van der Waals surface area contributed by atoms with Gasteiger partial charge in [-0.1, -0.05) is 12.1 Å². The Morgan fingerprint density at radius 1 is 1.12 bits per heavy atom. The van der Waals surface area contributed by atoms with Gasteiger partial charge in [-0.25, -0.2) is 4.68 Å². The van der Waals surface area contributed by atoms with Crippen molar-refractivity contribution in [2.24, 2.45) is 0 Å². The first-order valence-electron chi connectivity index (χ1n) is 7.83. The van der Waals surface area contributed by atoms with E-state index in [1.165, 1.54) is 0 Å². The summed E-state index contributed by atoms with van der Waals surface area (Å²) in [5.74, 6) is 0.392. The van der Waals surface area contributed by atoms with E-state index in [0.717, 1.165) is 17.1 Å². The van der Waals surface area contributed by atoms with Crippen molar-refractivity contribution in [1.29, 1.82) is 0 Å². The first kappa shape index (κ1) is 15.8. The minimum atomic E-state index is -0.193. The highest BCUT2D eigenvalue weighted by Crippen LogP contribution is 2.20. The zero-order valence-electron chi connectivity index (χ0n) is 13.7. The van der Waals surface area contributed by atoms with Crippen LogP contribution in [0.5, 0.6) is 5.75 Å². The van der Waals surface area contributed by atoms with Gasteiger partial charge in [0.2, 0.25) is 0 Å². The fourth-order valence-corrected chi connectivity index (χ4v) is 2.39. The standard InChI is InChI=1S/C19H19N3O2/c1-3-24-18-7-5-4-6-17(18)19(23)20-15-8-10-16(11-9-15)22-13-12-14(2)21-22/h4-13H,3H2,1-2H3,(H,20,23). The van der Waals surface area contributed by atoms with Crippen molar-refractivity contribution < 1.29 is 9.53 Å². The van der Waals surface area contributed by atoms with Gasteiger partial charge in [0.05, 0.1) is 23.6 Å². The van der Waals surface area contributed by atoms with Gasteiger partial charge in [0.15, 0.2) is 0 Å². The maximum atomic E-state index is 12.5. The molecule has 3 rings (SSSR count). The van der Waals surface area contributed by atoms with Gasteiger partial charge in [-0.3, -0.25) is 4.79 Å². The molecule has 0 bridgehead atoms. The summed E-state index contributed by atoms with van der Waals surface area (Å²) in [5.41, 5.74) is 3.14. The molecule has 0 saturated heterocycles. The lowest BCUT2D eigenvalue weighted by Gasteiger charge is -2.11. The molecule has 5 nitrogen and oxygen atoms in total. The molecule has 0 radical (unpaired) electrons. The predicted octanol–water partition coefficient (Wildman–Crippen LogP) is 3.83. The highest BCUT2D eigenvalue weighted by molar-refractivity contribution is 6.06. The molecular weight excluding hydrogens is 302 g/mol. The molecular formula is C19H19N3O2. The normalized spacial score (nSPS) is 10.4. The van der Waals surface area contributed by atoms with Crippen LogP contribution in [-0.2, 0) is 0 Å². The predicted molar refractivity (Wildman–Crippen MR) is 93.9 cm³/mol. The van der Waals surface area contributed by atoms with E-state index in [1.54, 1.807) is 16.8 Å². The van der Waals surface area contributed by atoms with Crippen LogP contribution in [0.25, 0.3) is 5.69 Å². The van der Waals surface area contributed by atoms with Crippen LogP contribution in [-0.4, -0.2) is 22.3 Å². The van der Waals surface area contributed by atoms with Gasteiger partial charge in [-0.05, 0) is 56.3 Å². The summed E-state index contributed by atoms with van der Waals surface area (Å²) >= 11 is 0. The number of carbonyl (C=O) groups excluding carboxylic acids is 1. The van der Waals surface area contributed by atoms with E-state index in [4.69, 9.17) is 4.74 Å². The Hall–Kier alpha value is -3.08. The Bertz CT molecular complexity index is 838. The van der Waals surface area contributed by atoms with E-state index in [2.05, 4.69) is 10.4 Å². The second kappa shape index (κ2) is 7.00. The molecule has 2 aromatic carbocycles. The van der Waals surface area contributed by atoms with Gasteiger partial charge in [0.1, 0.15) is 5.75 Å². The Balaban J connectivity index is 1.75. The largest absolute Gasteiger partial charge is 0.493 e. The van der Waals surface area contributed by atoms with Crippen LogP contribution in [0.2, 0.25) is 0 Å². The second-order valence-corrected chi connectivity index (χ2v) is 5.33. The Morgan fingerprint density at radius 3 is 2.54 bits per heavy atom. The quantitative estimate of drug-likeness (QED) is 0.777. The number of aryl methyl sites for hydroxylation is 1. The summed E-state index contributed by atoms with van der Waals surface area (Å²) in [5, 5.41) is 7.26. The van der Waals surface area contributed by atoms with Gasteiger partial charge in [-0.15, -0.1) is 0 Å². The van der Waals surface area contributed by atoms with E-state index in [-0.39, 0.29) is 5.91 Å². The maximum Gasteiger partial charge on any atom is 0.259 e. The van der Waals surface area contributed by atoms with E-state index >= 15 is 0 Å². The van der Waals surface area contributed by atoms with Crippen molar-refractivity contribution in [2.45, 2.75) is 13.8 Å². The minimum Gasteiger partial charge on any atom is -0.493 e. The van der Waals surface area contributed by atoms with Gasteiger partial charge < -0.3 is 10.1 Å². The summed E-state index contributed by atoms with van der Waals surface area (Å²) in [7, 11) is 0. The molecule has 0 fully saturated rings. The smallest absolute Gasteiger partial charge is 0.259 e. The van der Waals surface area contributed by atoms with E-state index in [1.807, 2.05) is 62.5 Å². The number of ether oxygens (including phenoxy) is 1. The third kappa shape index (κ3) is 3.46. The topological polar surface area (TPSA) is 56.1 Å². The van der Waals surface area contributed by atoms with Crippen molar-refractivity contribution in [3.8, 4) is 11.4 Å². The van der Waals surface area contributed by atoms with Crippen LogP contribution in [0, 0.1) is 6.92 Å². The van der Waals surface area contributed by atoms with Crippen LogP contribution in [0.15, 0.2) is 60.8 Å². The number of rotatable bonds is 5.